The molecule has 1 aromatic rings. The molecule has 5 atom stereocenters. The lowest BCUT2D eigenvalue weighted by molar-refractivity contribution is -0.362. The van der Waals surface area contributed by atoms with Crippen molar-refractivity contribution < 1.29 is 31.9 Å². The molecule has 8 heteroatoms. The van der Waals surface area contributed by atoms with Crippen molar-refractivity contribution in [3.05, 3.63) is 52.6 Å². The number of allylic oxidation sites excluding steroid dienone is 4. The van der Waals surface area contributed by atoms with E-state index < -0.39 is 35.5 Å². The average molecular weight is 527 g/mol. The zero-order valence-corrected chi connectivity index (χ0v) is 21.2. The minimum Gasteiger partial charge on any atom is -0.383 e. The van der Waals surface area contributed by atoms with Crippen LogP contribution in [-0.2, 0) is 4.79 Å². The number of fused-ring (bicyclic) bond motifs is 4. The van der Waals surface area contributed by atoms with E-state index in [2.05, 4.69) is 6.92 Å². The average Bonchev–Trinajstić information content (AvgIpc) is 3.10. The van der Waals surface area contributed by atoms with Crippen LogP contribution in [0.1, 0.15) is 70.3 Å². The first kappa shape index (κ1) is 26.0. The highest BCUT2D eigenvalue weighted by Gasteiger charge is 2.78. The van der Waals surface area contributed by atoms with Gasteiger partial charge in [0.2, 0.25) is 0 Å². The van der Waals surface area contributed by atoms with Crippen LogP contribution in [0.5, 0.6) is 0 Å². The van der Waals surface area contributed by atoms with Crippen molar-refractivity contribution in [2.45, 2.75) is 87.3 Å². The van der Waals surface area contributed by atoms with Crippen molar-refractivity contribution in [3.63, 3.8) is 0 Å². The second-order valence-corrected chi connectivity index (χ2v) is 12.3. The van der Waals surface area contributed by atoms with Crippen molar-refractivity contribution in [1.82, 2.24) is 0 Å². The van der Waals surface area contributed by atoms with Crippen molar-refractivity contribution in [2.75, 3.05) is 5.75 Å². The summed E-state index contributed by atoms with van der Waals surface area (Å²) >= 11 is 1.73. The first-order chi connectivity index (χ1) is 16.8. The molecule has 0 radical (unpaired) electrons. The monoisotopic (exact) mass is 526 g/mol. The Hall–Kier alpha value is -1.67. The second kappa shape index (κ2) is 8.69. The molecule has 5 rings (SSSR count). The summed E-state index contributed by atoms with van der Waals surface area (Å²) < 4.78 is 69.6. The van der Waals surface area contributed by atoms with E-state index in [0.717, 1.165) is 32.9 Å². The summed E-state index contributed by atoms with van der Waals surface area (Å²) in [7, 11) is 0. The van der Waals surface area contributed by atoms with Gasteiger partial charge in [0.1, 0.15) is 5.60 Å². The molecule has 0 saturated heterocycles. The normalized spacial score (nSPS) is 34.7. The third-order valence-electron chi connectivity index (χ3n) is 9.40. The number of carbonyl (C=O) groups excluding carboxylic acids is 1. The van der Waals surface area contributed by atoms with Gasteiger partial charge in [-0.1, -0.05) is 31.6 Å². The number of aliphatic hydroxyl groups is 1. The molecule has 36 heavy (non-hydrogen) atoms. The number of benzene rings is 1. The van der Waals surface area contributed by atoms with Gasteiger partial charge in [-0.2, -0.15) is 22.0 Å². The van der Waals surface area contributed by atoms with Gasteiger partial charge in [0.25, 0.3) is 0 Å². The van der Waals surface area contributed by atoms with Gasteiger partial charge in [0.15, 0.2) is 5.78 Å². The van der Waals surface area contributed by atoms with Crippen molar-refractivity contribution >= 4 is 17.5 Å². The fourth-order valence-electron chi connectivity index (χ4n) is 7.65. The van der Waals surface area contributed by atoms with Gasteiger partial charge >= 0.3 is 12.1 Å². The third-order valence-corrected chi connectivity index (χ3v) is 10.3. The fraction of sp³-hybridized carbons (Fsp3) is 0.607. The standard InChI is InChI=1S/C28H31F5O2S/c1-3-36-19-7-4-16(5-8-19)22-15-18(34)14-17-6-9-20-21(24(17)22)10-12-25(2)23(20)11-13-26(25,35)27(29,30)28(31,32)33/h4-5,7-8,14,20,22-23,35H,3,6,9-13,15H2,1-2H3/t20-,22?,23+,25+,26?/m1/s1. The van der Waals surface area contributed by atoms with E-state index >= 15 is 0 Å². The SMILES string of the molecule is CCSc1ccc(C2CC(=O)C=C3CC[C@@H]4C(=C32)CC[C@@]2(C)[C@H]4CCC2(O)C(F)(F)C(F)(F)F)cc1. The molecule has 1 aromatic carbocycles. The summed E-state index contributed by atoms with van der Waals surface area (Å²) in [6, 6.07) is 8.18. The summed E-state index contributed by atoms with van der Waals surface area (Å²) in [4.78, 5) is 13.8. The molecule has 0 aliphatic heterocycles. The minimum absolute atomic E-state index is 0.0607. The molecule has 0 amide bonds. The Labute approximate surface area is 212 Å². The van der Waals surface area contributed by atoms with Crippen molar-refractivity contribution in [2.24, 2.45) is 17.3 Å². The molecule has 196 valence electrons. The smallest absolute Gasteiger partial charge is 0.383 e. The molecule has 1 N–H and O–H groups in total. The number of thioether (sulfide) groups is 1. The van der Waals surface area contributed by atoms with E-state index in [0.29, 0.717) is 25.7 Å². The lowest BCUT2D eigenvalue weighted by atomic mass is 9.53. The van der Waals surface area contributed by atoms with E-state index in [4.69, 9.17) is 0 Å². The van der Waals surface area contributed by atoms with E-state index in [1.165, 1.54) is 6.92 Å². The maximum atomic E-state index is 14.7. The van der Waals surface area contributed by atoms with Crippen LogP contribution in [0.15, 0.2) is 52.0 Å². The highest BCUT2D eigenvalue weighted by atomic mass is 32.2. The molecule has 2 unspecified atom stereocenters. The molecule has 2 fully saturated rings. The predicted molar refractivity (Wildman–Crippen MR) is 129 cm³/mol. The number of alkyl halides is 5. The lowest BCUT2D eigenvalue weighted by Crippen LogP contribution is -2.64. The van der Waals surface area contributed by atoms with E-state index in [1.54, 1.807) is 17.8 Å². The molecule has 2 nitrogen and oxygen atoms in total. The van der Waals surface area contributed by atoms with Crippen LogP contribution in [0.25, 0.3) is 0 Å². The lowest BCUT2D eigenvalue weighted by Gasteiger charge is -2.53. The number of carbonyl (C=O) groups is 1. The van der Waals surface area contributed by atoms with Crippen LogP contribution in [0.3, 0.4) is 0 Å². The van der Waals surface area contributed by atoms with Crippen LogP contribution >= 0.6 is 11.8 Å². The van der Waals surface area contributed by atoms with Gasteiger partial charge in [-0.3, -0.25) is 4.79 Å². The number of rotatable bonds is 4. The molecule has 4 aliphatic rings. The summed E-state index contributed by atoms with van der Waals surface area (Å²) in [5.41, 5.74) is -0.476. The Kier molecular flexibility index (Phi) is 6.26. The Balaban J connectivity index is 1.55. The molecule has 0 bridgehead atoms. The fourth-order valence-corrected chi connectivity index (χ4v) is 8.31. The Morgan fingerprint density at radius 2 is 1.75 bits per heavy atom. The molecular weight excluding hydrogens is 495 g/mol. The summed E-state index contributed by atoms with van der Waals surface area (Å²) in [6.45, 7) is 3.51. The number of hydrogen-bond acceptors (Lipinski definition) is 3. The highest BCUT2D eigenvalue weighted by molar-refractivity contribution is 7.99. The van der Waals surface area contributed by atoms with Gasteiger partial charge in [-0.15, -0.1) is 11.8 Å². The van der Waals surface area contributed by atoms with Crippen LogP contribution < -0.4 is 0 Å². The van der Waals surface area contributed by atoms with Gasteiger partial charge in [0.05, 0.1) is 0 Å². The van der Waals surface area contributed by atoms with Crippen LogP contribution in [-0.4, -0.2) is 34.3 Å². The van der Waals surface area contributed by atoms with E-state index in [-0.39, 0.29) is 30.5 Å². The zero-order valence-electron chi connectivity index (χ0n) is 20.4. The topological polar surface area (TPSA) is 37.3 Å². The van der Waals surface area contributed by atoms with Gasteiger partial charge < -0.3 is 5.11 Å². The van der Waals surface area contributed by atoms with Crippen LogP contribution in [0, 0.1) is 17.3 Å². The summed E-state index contributed by atoms with van der Waals surface area (Å²) in [5, 5.41) is 11.0. The number of ketones is 1. The summed E-state index contributed by atoms with van der Waals surface area (Å²) in [5.74, 6) is -4.94. The first-order valence-electron chi connectivity index (χ1n) is 12.7. The quantitative estimate of drug-likeness (QED) is 0.324. The van der Waals surface area contributed by atoms with Crippen molar-refractivity contribution in [3.8, 4) is 0 Å². The Morgan fingerprint density at radius 3 is 2.39 bits per heavy atom. The van der Waals surface area contributed by atoms with Gasteiger partial charge in [-0.05, 0) is 91.0 Å². The van der Waals surface area contributed by atoms with E-state index in [1.807, 2.05) is 24.3 Å². The van der Waals surface area contributed by atoms with Crippen LogP contribution in [0.4, 0.5) is 22.0 Å². The number of halogens is 5. The number of hydrogen-bond donors (Lipinski definition) is 1. The maximum absolute atomic E-state index is 14.7. The van der Waals surface area contributed by atoms with Crippen LogP contribution in [0.2, 0.25) is 0 Å². The largest absolute Gasteiger partial charge is 0.456 e. The summed E-state index contributed by atoms with van der Waals surface area (Å²) in [6.07, 6.45) is -2.60. The molecule has 4 aliphatic carbocycles. The molecule has 0 spiro atoms. The third kappa shape index (κ3) is 3.64. The molecule has 0 heterocycles. The van der Waals surface area contributed by atoms with Gasteiger partial charge in [-0.25, -0.2) is 0 Å². The van der Waals surface area contributed by atoms with E-state index in [9.17, 15) is 31.9 Å². The van der Waals surface area contributed by atoms with Gasteiger partial charge in [0, 0.05) is 22.6 Å². The predicted octanol–water partition coefficient (Wildman–Crippen LogP) is 7.63. The first-order valence-corrected chi connectivity index (χ1v) is 13.7. The maximum Gasteiger partial charge on any atom is 0.456 e. The molecule has 0 aromatic heterocycles. The molecular formula is C28H31F5O2S. The Morgan fingerprint density at radius 1 is 1.06 bits per heavy atom. The highest BCUT2D eigenvalue weighted by Crippen LogP contribution is 2.68. The Bertz CT molecular complexity index is 1120. The second-order valence-electron chi connectivity index (χ2n) is 11.0. The van der Waals surface area contributed by atoms with Crippen molar-refractivity contribution in [1.29, 1.82) is 0 Å². The minimum atomic E-state index is -5.81. The molecule has 2 saturated carbocycles. The zero-order chi connectivity index (χ0) is 26.1.